The van der Waals surface area contributed by atoms with Crippen molar-refractivity contribution < 1.29 is 28.7 Å². The van der Waals surface area contributed by atoms with E-state index in [0.717, 1.165) is 22.0 Å². The SMILES string of the molecule is COc1ccc(C)cc1NC(=O)C(Cc1c[nH]c2ccccc12)NC(=O)C1CCN(C(=O)CNC(=O)OC(C)(C)C)CC1. The molecule has 1 aromatic heterocycles. The lowest BCUT2D eigenvalue weighted by atomic mass is 9.94. The summed E-state index contributed by atoms with van der Waals surface area (Å²) in [6.45, 7) is 7.72. The van der Waals surface area contributed by atoms with Gasteiger partial charge in [0.15, 0.2) is 0 Å². The van der Waals surface area contributed by atoms with E-state index in [1.54, 1.807) is 31.7 Å². The van der Waals surface area contributed by atoms with E-state index in [2.05, 4.69) is 20.9 Å². The summed E-state index contributed by atoms with van der Waals surface area (Å²) in [6.07, 6.45) is 2.37. The third kappa shape index (κ3) is 8.50. The molecule has 2 aromatic carbocycles. The Morgan fingerprint density at radius 3 is 2.49 bits per heavy atom. The summed E-state index contributed by atoms with van der Waals surface area (Å²) in [5.41, 5.74) is 2.67. The van der Waals surface area contributed by atoms with Crippen LogP contribution >= 0.6 is 0 Å². The number of hydrogen-bond donors (Lipinski definition) is 4. The maximum atomic E-state index is 13.6. The number of nitrogens with zero attached hydrogens (tertiary/aromatic N) is 1. The average Bonchev–Trinajstić information content (AvgIpc) is 3.37. The van der Waals surface area contributed by atoms with Crippen molar-refractivity contribution in [3.05, 3.63) is 59.8 Å². The second-order valence-electron chi connectivity index (χ2n) is 11.8. The number of anilines is 1. The Hall–Kier alpha value is -4.54. The van der Waals surface area contributed by atoms with Crippen molar-refractivity contribution in [3.63, 3.8) is 0 Å². The number of methoxy groups -OCH3 is 1. The number of benzene rings is 2. The summed E-state index contributed by atoms with van der Waals surface area (Å²) < 4.78 is 10.6. The molecule has 1 aliphatic rings. The fourth-order valence-electron chi connectivity index (χ4n) is 5.12. The zero-order valence-corrected chi connectivity index (χ0v) is 25.4. The number of aromatic amines is 1. The third-order valence-corrected chi connectivity index (χ3v) is 7.35. The highest BCUT2D eigenvalue weighted by atomic mass is 16.6. The van der Waals surface area contributed by atoms with Crippen molar-refractivity contribution in [1.82, 2.24) is 20.5 Å². The van der Waals surface area contributed by atoms with E-state index < -0.39 is 17.7 Å². The average molecular weight is 592 g/mol. The number of aryl methyl sites for hydroxylation is 1. The topological polar surface area (TPSA) is 142 Å². The van der Waals surface area contributed by atoms with Crippen molar-refractivity contribution in [2.75, 3.05) is 32.1 Å². The molecule has 43 heavy (non-hydrogen) atoms. The predicted octanol–water partition coefficient (Wildman–Crippen LogP) is 3.91. The molecule has 11 nitrogen and oxygen atoms in total. The van der Waals surface area contributed by atoms with E-state index in [1.807, 2.05) is 49.5 Å². The van der Waals surface area contributed by atoms with Crippen LogP contribution in [0.15, 0.2) is 48.7 Å². The molecule has 4 amide bonds. The van der Waals surface area contributed by atoms with Crippen LogP contribution in [0, 0.1) is 12.8 Å². The van der Waals surface area contributed by atoms with Crippen LogP contribution in [-0.2, 0) is 25.5 Å². The lowest BCUT2D eigenvalue weighted by Gasteiger charge is -2.32. The molecule has 0 radical (unpaired) electrons. The van der Waals surface area contributed by atoms with Crippen molar-refractivity contribution in [1.29, 1.82) is 0 Å². The number of carbonyl (C=O) groups excluding carboxylic acids is 4. The lowest BCUT2D eigenvalue weighted by Crippen LogP contribution is -2.50. The number of para-hydroxylation sites is 1. The number of aromatic nitrogens is 1. The second-order valence-corrected chi connectivity index (χ2v) is 11.8. The molecule has 4 N–H and O–H groups in total. The number of amides is 4. The first-order chi connectivity index (χ1) is 20.4. The van der Waals surface area contributed by atoms with Gasteiger partial charge in [0.1, 0.15) is 23.9 Å². The molecule has 0 aliphatic carbocycles. The monoisotopic (exact) mass is 591 g/mol. The number of hydrogen-bond acceptors (Lipinski definition) is 6. The van der Waals surface area contributed by atoms with Gasteiger partial charge in [-0.25, -0.2) is 4.79 Å². The molecule has 4 rings (SSSR count). The third-order valence-electron chi connectivity index (χ3n) is 7.35. The van der Waals surface area contributed by atoms with Gasteiger partial charge in [-0.1, -0.05) is 24.3 Å². The Balaban J connectivity index is 1.41. The Morgan fingerprint density at radius 1 is 1.07 bits per heavy atom. The highest BCUT2D eigenvalue weighted by Crippen LogP contribution is 2.26. The van der Waals surface area contributed by atoms with E-state index in [-0.39, 0.29) is 36.6 Å². The zero-order valence-electron chi connectivity index (χ0n) is 25.4. The first-order valence-electron chi connectivity index (χ1n) is 14.5. The summed E-state index contributed by atoms with van der Waals surface area (Å²) >= 11 is 0. The molecule has 1 saturated heterocycles. The molecule has 0 saturated carbocycles. The van der Waals surface area contributed by atoms with Crippen molar-refractivity contribution in [2.24, 2.45) is 5.92 Å². The van der Waals surface area contributed by atoms with Crippen LogP contribution in [0.5, 0.6) is 5.75 Å². The van der Waals surface area contributed by atoms with Crippen LogP contribution in [0.2, 0.25) is 0 Å². The van der Waals surface area contributed by atoms with Crippen LogP contribution in [-0.4, -0.2) is 72.1 Å². The number of alkyl carbamates (subject to hydrolysis) is 1. The molecule has 1 aliphatic heterocycles. The first-order valence-corrected chi connectivity index (χ1v) is 14.5. The smallest absolute Gasteiger partial charge is 0.408 e. The number of likely N-dealkylation sites (tertiary alicyclic amines) is 1. The number of nitrogens with one attached hydrogen (secondary N) is 4. The maximum absolute atomic E-state index is 13.6. The van der Waals surface area contributed by atoms with Crippen LogP contribution in [0.4, 0.5) is 10.5 Å². The van der Waals surface area contributed by atoms with E-state index in [1.165, 1.54) is 7.11 Å². The van der Waals surface area contributed by atoms with Gasteiger partial charge in [-0.05, 0) is 69.9 Å². The Bertz CT molecular complexity index is 1470. The van der Waals surface area contributed by atoms with Crippen LogP contribution in [0.25, 0.3) is 10.9 Å². The number of H-pyrrole nitrogens is 1. The quantitative estimate of drug-likeness (QED) is 0.297. The van der Waals surface area contributed by atoms with E-state index >= 15 is 0 Å². The molecule has 0 bridgehead atoms. The Labute approximate surface area is 251 Å². The molecule has 3 aromatic rings. The minimum Gasteiger partial charge on any atom is -0.495 e. The van der Waals surface area contributed by atoms with Gasteiger partial charge in [0, 0.05) is 42.5 Å². The van der Waals surface area contributed by atoms with Gasteiger partial charge in [0.05, 0.1) is 12.8 Å². The number of carbonyl (C=O) groups is 4. The van der Waals surface area contributed by atoms with E-state index in [4.69, 9.17) is 9.47 Å². The van der Waals surface area contributed by atoms with Crippen LogP contribution in [0.3, 0.4) is 0 Å². The molecular weight excluding hydrogens is 550 g/mol. The van der Waals surface area contributed by atoms with Crippen molar-refractivity contribution in [2.45, 2.75) is 58.6 Å². The fraction of sp³-hybridized carbons (Fsp3) is 0.438. The predicted molar refractivity (Wildman–Crippen MR) is 164 cm³/mol. The molecule has 2 heterocycles. The summed E-state index contributed by atoms with van der Waals surface area (Å²) in [6, 6.07) is 12.5. The van der Waals surface area contributed by atoms with Gasteiger partial charge in [-0.15, -0.1) is 0 Å². The Kier molecular flexibility index (Phi) is 9.95. The van der Waals surface area contributed by atoms with Crippen LogP contribution in [0.1, 0.15) is 44.7 Å². The number of fused-ring (bicyclic) bond motifs is 1. The van der Waals surface area contributed by atoms with Crippen LogP contribution < -0.4 is 20.7 Å². The fourth-order valence-corrected chi connectivity index (χ4v) is 5.12. The second kappa shape index (κ2) is 13.6. The highest BCUT2D eigenvalue weighted by molar-refractivity contribution is 5.99. The zero-order chi connectivity index (χ0) is 31.1. The van der Waals surface area contributed by atoms with E-state index in [9.17, 15) is 19.2 Å². The van der Waals surface area contributed by atoms with Gasteiger partial charge < -0.3 is 35.3 Å². The Morgan fingerprint density at radius 2 is 1.79 bits per heavy atom. The largest absolute Gasteiger partial charge is 0.495 e. The molecule has 1 fully saturated rings. The molecule has 0 spiro atoms. The lowest BCUT2D eigenvalue weighted by molar-refractivity contribution is -0.135. The van der Waals surface area contributed by atoms with Gasteiger partial charge >= 0.3 is 6.09 Å². The van der Waals surface area contributed by atoms with Gasteiger partial charge in [0.25, 0.3) is 0 Å². The summed E-state index contributed by atoms with van der Waals surface area (Å²) in [4.78, 5) is 56.5. The van der Waals surface area contributed by atoms with E-state index in [0.29, 0.717) is 37.4 Å². The minimum atomic E-state index is -0.852. The molecule has 230 valence electrons. The standard InChI is InChI=1S/C32H41N5O6/c1-20-10-11-27(42-5)25(16-20)35-30(40)26(17-22-18-33-24-9-7-6-8-23(22)24)36-29(39)21-12-14-37(15-13-21)28(38)19-34-31(41)43-32(2,3)4/h6-11,16,18,21,26,33H,12-15,17,19H2,1-5H3,(H,34,41)(H,35,40)(H,36,39). The van der Waals surface area contributed by atoms with Gasteiger partial charge in [-0.3, -0.25) is 14.4 Å². The number of rotatable bonds is 9. The molecule has 1 atom stereocenters. The van der Waals surface area contributed by atoms with Crippen molar-refractivity contribution >= 4 is 40.4 Å². The number of piperidine rings is 1. The summed E-state index contributed by atoms with van der Waals surface area (Å²) in [7, 11) is 1.54. The molecule has 11 heteroatoms. The highest BCUT2D eigenvalue weighted by Gasteiger charge is 2.31. The molecule has 1 unspecified atom stereocenters. The molecular formula is C32H41N5O6. The maximum Gasteiger partial charge on any atom is 0.408 e. The van der Waals surface area contributed by atoms with Crippen molar-refractivity contribution in [3.8, 4) is 5.75 Å². The summed E-state index contributed by atoms with van der Waals surface area (Å²) in [5, 5.41) is 9.40. The first kappa shape index (κ1) is 31.4. The number of ether oxygens (including phenoxy) is 2. The van der Waals surface area contributed by atoms with Gasteiger partial charge in [-0.2, -0.15) is 0 Å². The summed E-state index contributed by atoms with van der Waals surface area (Å²) in [5.74, 6) is -0.684. The normalized spacial score (nSPS) is 14.6. The minimum absolute atomic E-state index is 0.179. The van der Waals surface area contributed by atoms with Gasteiger partial charge in [0.2, 0.25) is 17.7 Å².